The number of anilines is 1. The third-order valence-corrected chi connectivity index (χ3v) is 5.28. The summed E-state index contributed by atoms with van der Waals surface area (Å²) in [7, 11) is 1.82. The van der Waals surface area contributed by atoms with Crippen molar-refractivity contribution in [2.75, 3.05) is 18.5 Å². The van der Waals surface area contributed by atoms with E-state index in [9.17, 15) is 9.59 Å². The zero-order valence-corrected chi connectivity index (χ0v) is 14.2. The Morgan fingerprint density at radius 3 is 2.70 bits per heavy atom. The highest BCUT2D eigenvalue weighted by Crippen LogP contribution is 2.26. The number of hydrogen-bond donors (Lipinski definition) is 0. The monoisotopic (exact) mass is 328 g/mol. The standard InChI is InChI=1S/C18H20N2O2S/c1-13-8-9-23-16(13)12-19(2)18(22)14-10-17(21)20(11-14)15-6-4-3-5-7-15/h3-9,14H,10-12H2,1-2H3/t14-/m1/s1. The molecule has 2 aromatic rings. The Morgan fingerprint density at radius 2 is 2.04 bits per heavy atom. The normalized spacial score (nSPS) is 17.6. The molecule has 1 aliphatic rings. The molecule has 23 heavy (non-hydrogen) atoms. The Morgan fingerprint density at radius 1 is 1.30 bits per heavy atom. The third-order valence-electron chi connectivity index (χ3n) is 4.27. The van der Waals surface area contributed by atoms with Crippen molar-refractivity contribution in [3.05, 3.63) is 52.2 Å². The number of rotatable bonds is 4. The maximum Gasteiger partial charge on any atom is 0.228 e. The zero-order chi connectivity index (χ0) is 16.4. The highest BCUT2D eigenvalue weighted by molar-refractivity contribution is 7.10. The Labute approximate surface area is 140 Å². The van der Waals surface area contributed by atoms with Crippen LogP contribution in [0.25, 0.3) is 0 Å². The van der Waals surface area contributed by atoms with Gasteiger partial charge in [0.25, 0.3) is 0 Å². The molecule has 0 aliphatic carbocycles. The number of hydrogen-bond acceptors (Lipinski definition) is 3. The summed E-state index contributed by atoms with van der Waals surface area (Å²) in [6.45, 7) is 3.13. The first kappa shape index (κ1) is 15.7. The van der Waals surface area contributed by atoms with Gasteiger partial charge in [-0.3, -0.25) is 9.59 Å². The number of thiophene rings is 1. The van der Waals surface area contributed by atoms with Crippen LogP contribution in [0.4, 0.5) is 5.69 Å². The molecule has 0 radical (unpaired) electrons. The number of benzene rings is 1. The highest BCUT2D eigenvalue weighted by Gasteiger charge is 2.36. The van der Waals surface area contributed by atoms with Crippen molar-refractivity contribution in [1.29, 1.82) is 0 Å². The lowest BCUT2D eigenvalue weighted by molar-refractivity contribution is -0.135. The van der Waals surface area contributed by atoms with E-state index >= 15 is 0 Å². The first-order valence-corrected chi connectivity index (χ1v) is 8.57. The van der Waals surface area contributed by atoms with Crippen molar-refractivity contribution >= 4 is 28.8 Å². The molecule has 0 bridgehead atoms. The van der Waals surface area contributed by atoms with Gasteiger partial charge in [0.05, 0.1) is 12.5 Å². The summed E-state index contributed by atoms with van der Waals surface area (Å²) < 4.78 is 0. The average molecular weight is 328 g/mol. The molecular weight excluding hydrogens is 308 g/mol. The largest absolute Gasteiger partial charge is 0.340 e. The van der Waals surface area contributed by atoms with E-state index < -0.39 is 0 Å². The summed E-state index contributed by atoms with van der Waals surface area (Å²) in [5.41, 5.74) is 2.08. The molecule has 2 amide bonds. The SMILES string of the molecule is Cc1ccsc1CN(C)C(=O)[C@@H]1CC(=O)N(c2ccccc2)C1. The van der Waals surface area contributed by atoms with Gasteiger partial charge in [-0.2, -0.15) is 0 Å². The molecule has 0 unspecified atom stereocenters. The Bertz CT molecular complexity index is 711. The summed E-state index contributed by atoms with van der Waals surface area (Å²) in [6, 6.07) is 11.6. The van der Waals surface area contributed by atoms with Crippen LogP contribution in [0, 0.1) is 12.8 Å². The molecule has 0 saturated carbocycles. The maximum absolute atomic E-state index is 12.7. The van der Waals surface area contributed by atoms with E-state index in [4.69, 9.17) is 0 Å². The molecule has 4 nitrogen and oxygen atoms in total. The molecule has 5 heteroatoms. The number of amides is 2. The van der Waals surface area contributed by atoms with Crippen molar-refractivity contribution in [2.24, 2.45) is 5.92 Å². The van der Waals surface area contributed by atoms with Gasteiger partial charge in [-0.05, 0) is 36.1 Å². The van der Waals surface area contributed by atoms with E-state index in [1.807, 2.05) is 42.8 Å². The molecule has 120 valence electrons. The Hall–Kier alpha value is -2.14. The Kier molecular flexibility index (Phi) is 4.48. The van der Waals surface area contributed by atoms with E-state index in [1.54, 1.807) is 21.1 Å². The van der Waals surface area contributed by atoms with Crippen LogP contribution in [0.1, 0.15) is 16.9 Å². The number of carbonyl (C=O) groups excluding carboxylic acids is 2. The smallest absolute Gasteiger partial charge is 0.228 e. The summed E-state index contributed by atoms with van der Waals surface area (Å²) in [4.78, 5) is 29.6. The lowest BCUT2D eigenvalue weighted by atomic mass is 10.1. The molecule has 1 saturated heterocycles. The van der Waals surface area contributed by atoms with Crippen molar-refractivity contribution in [2.45, 2.75) is 19.9 Å². The minimum atomic E-state index is -0.257. The number of carbonyl (C=O) groups is 2. The van der Waals surface area contributed by atoms with Crippen LogP contribution < -0.4 is 4.90 Å². The second-order valence-electron chi connectivity index (χ2n) is 5.96. The van der Waals surface area contributed by atoms with Gasteiger partial charge in [0, 0.05) is 30.6 Å². The van der Waals surface area contributed by atoms with Gasteiger partial charge >= 0.3 is 0 Å². The number of para-hydroxylation sites is 1. The summed E-state index contributed by atoms with van der Waals surface area (Å²) in [5, 5.41) is 2.04. The van der Waals surface area contributed by atoms with E-state index in [0.717, 1.165) is 5.69 Å². The first-order valence-electron chi connectivity index (χ1n) is 7.69. The zero-order valence-electron chi connectivity index (χ0n) is 13.4. The lowest BCUT2D eigenvalue weighted by Gasteiger charge is -2.21. The van der Waals surface area contributed by atoms with Crippen molar-refractivity contribution in [1.82, 2.24) is 4.90 Å². The van der Waals surface area contributed by atoms with Crippen molar-refractivity contribution in [3.63, 3.8) is 0 Å². The fraction of sp³-hybridized carbons (Fsp3) is 0.333. The molecule has 1 aliphatic heterocycles. The summed E-state index contributed by atoms with van der Waals surface area (Å²) in [5.74, 6) is -0.187. The van der Waals surface area contributed by atoms with Crippen molar-refractivity contribution < 1.29 is 9.59 Å². The van der Waals surface area contributed by atoms with Crippen LogP contribution in [-0.2, 0) is 16.1 Å². The summed E-state index contributed by atoms with van der Waals surface area (Å²) in [6.07, 6.45) is 0.293. The maximum atomic E-state index is 12.7. The van der Waals surface area contributed by atoms with Gasteiger partial charge in [-0.15, -0.1) is 11.3 Å². The van der Waals surface area contributed by atoms with Crippen LogP contribution in [0.3, 0.4) is 0 Å². The van der Waals surface area contributed by atoms with Gasteiger partial charge < -0.3 is 9.80 Å². The molecule has 1 aromatic carbocycles. The van der Waals surface area contributed by atoms with Gasteiger partial charge in [0.1, 0.15) is 0 Å². The van der Waals surface area contributed by atoms with Crippen LogP contribution in [0.15, 0.2) is 41.8 Å². The van der Waals surface area contributed by atoms with Crippen LogP contribution in [0.5, 0.6) is 0 Å². The van der Waals surface area contributed by atoms with Crippen LogP contribution in [0.2, 0.25) is 0 Å². The predicted molar refractivity (Wildman–Crippen MR) is 92.4 cm³/mol. The molecule has 2 heterocycles. The minimum Gasteiger partial charge on any atom is -0.340 e. The Balaban J connectivity index is 1.67. The second kappa shape index (κ2) is 6.54. The van der Waals surface area contributed by atoms with E-state index in [0.29, 0.717) is 19.5 Å². The summed E-state index contributed by atoms with van der Waals surface area (Å²) >= 11 is 1.66. The quantitative estimate of drug-likeness (QED) is 0.865. The van der Waals surface area contributed by atoms with E-state index in [-0.39, 0.29) is 17.7 Å². The third kappa shape index (κ3) is 3.29. The molecule has 1 atom stereocenters. The fourth-order valence-corrected chi connectivity index (χ4v) is 3.86. The molecule has 0 N–H and O–H groups in total. The molecule has 1 fully saturated rings. The molecule has 0 spiro atoms. The number of nitrogens with zero attached hydrogens (tertiary/aromatic N) is 2. The van der Waals surface area contributed by atoms with E-state index in [1.165, 1.54) is 10.4 Å². The number of aryl methyl sites for hydroxylation is 1. The molecule has 1 aromatic heterocycles. The highest BCUT2D eigenvalue weighted by atomic mass is 32.1. The fourth-order valence-electron chi connectivity index (χ4n) is 2.90. The van der Waals surface area contributed by atoms with Gasteiger partial charge in [-0.25, -0.2) is 0 Å². The van der Waals surface area contributed by atoms with Gasteiger partial charge in [0.15, 0.2) is 0 Å². The van der Waals surface area contributed by atoms with Crippen LogP contribution in [-0.4, -0.2) is 30.3 Å². The second-order valence-corrected chi connectivity index (χ2v) is 6.96. The molecule has 3 rings (SSSR count). The van der Waals surface area contributed by atoms with Gasteiger partial charge in [0.2, 0.25) is 11.8 Å². The van der Waals surface area contributed by atoms with Gasteiger partial charge in [-0.1, -0.05) is 18.2 Å². The van der Waals surface area contributed by atoms with E-state index in [2.05, 4.69) is 13.0 Å². The first-order chi connectivity index (χ1) is 11.1. The average Bonchev–Trinajstić information content (AvgIpc) is 3.14. The van der Waals surface area contributed by atoms with Crippen LogP contribution >= 0.6 is 11.3 Å². The lowest BCUT2D eigenvalue weighted by Crippen LogP contribution is -2.34. The molecular formula is C18H20N2O2S. The van der Waals surface area contributed by atoms with Crippen molar-refractivity contribution in [3.8, 4) is 0 Å². The predicted octanol–water partition coefficient (Wildman–Crippen LogP) is 3.07. The topological polar surface area (TPSA) is 40.6 Å². The minimum absolute atomic E-state index is 0.0234.